The van der Waals surface area contributed by atoms with Crippen molar-refractivity contribution >= 4 is 32.7 Å². The first-order valence-electron chi connectivity index (χ1n) is 5.87. The molecule has 0 bridgehead atoms. The summed E-state index contributed by atoms with van der Waals surface area (Å²) < 4.78 is 0.925. The van der Waals surface area contributed by atoms with Crippen LogP contribution in [0.1, 0.15) is 5.69 Å². The highest BCUT2D eigenvalue weighted by atomic mass is 79.9. The van der Waals surface area contributed by atoms with Gasteiger partial charge in [0.15, 0.2) is 0 Å². The number of hydrogen-bond acceptors (Lipinski definition) is 4. The van der Waals surface area contributed by atoms with E-state index in [4.69, 9.17) is 0 Å². The van der Waals surface area contributed by atoms with Gasteiger partial charge in [-0.2, -0.15) is 0 Å². The molecule has 0 atom stereocenters. The van der Waals surface area contributed by atoms with Crippen molar-refractivity contribution in [3.63, 3.8) is 0 Å². The molecule has 0 aliphatic heterocycles. The van der Waals surface area contributed by atoms with Crippen LogP contribution in [0.5, 0.6) is 0 Å². The Morgan fingerprint density at radius 2 is 2.00 bits per heavy atom. The Balaban J connectivity index is 1.89. The van der Waals surface area contributed by atoms with Gasteiger partial charge in [0.05, 0.1) is 23.4 Å². The summed E-state index contributed by atoms with van der Waals surface area (Å²) >= 11 is 3.40. The van der Waals surface area contributed by atoms with Gasteiger partial charge in [-0.1, -0.05) is 6.07 Å². The lowest BCUT2D eigenvalue weighted by Gasteiger charge is -2.08. The number of aromatic nitrogens is 3. The molecule has 0 aliphatic carbocycles. The lowest BCUT2D eigenvalue weighted by atomic mass is 10.2. The summed E-state index contributed by atoms with van der Waals surface area (Å²) in [6.07, 6.45) is 5.34. The third-order valence-electron chi connectivity index (χ3n) is 2.73. The zero-order valence-electron chi connectivity index (χ0n) is 10.0. The summed E-state index contributed by atoms with van der Waals surface area (Å²) in [4.78, 5) is 13.0. The highest BCUT2D eigenvalue weighted by Crippen LogP contribution is 2.22. The van der Waals surface area contributed by atoms with Crippen molar-refractivity contribution in [2.24, 2.45) is 0 Å². The second-order valence-corrected chi connectivity index (χ2v) is 4.97. The number of pyridine rings is 3. The number of rotatable bonds is 3. The van der Waals surface area contributed by atoms with Crippen molar-refractivity contribution in [3.8, 4) is 0 Å². The van der Waals surface area contributed by atoms with Gasteiger partial charge in [0.25, 0.3) is 0 Å². The fourth-order valence-electron chi connectivity index (χ4n) is 1.84. The third-order valence-corrected chi connectivity index (χ3v) is 3.16. The van der Waals surface area contributed by atoms with Gasteiger partial charge in [0, 0.05) is 23.1 Å². The topological polar surface area (TPSA) is 50.7 Å². The Morgan fingerprint density at radius 3 is 2.84 bits per heavy atom. The average molecular weight is 315 g/mol. The highest BCUT2D eigenvalue weighted by Gasteiger charge is 2.04. The summed E-state index contributed by atoms with van der Waals surface area (Å²) in [5.74, 6) is 0. The number of hydrogen-bond donors (Lipinski definition) is 1. The van der Waals surface area contributed by atoms with Crippen molar-refractivity contribution in [1.29, 1.82) is 0 Å². The molecular weight excluding hydrogens is 304 g/mol. The van der Waals surface area contributed by atoms with Gasteiger partial charge in [0.2, 0.25) is 0 Å². The number of halogens is 1. The lowest BCUT2D eigenvalue weighted by molar-refractivity contribution is 1.05. The summed E-state index contributed by atoms with van der Waals surface area (Å²) in [6, 6.07) is 9.75. The second kappa shape index (κ2) is 5.32. The van der Waals surface area contributed by atoms with E-state index in [9.17, 15) is 0 Å². The van der Waals surface area contributed by atoms with Crippen LogP contribution in [0, 0.1) is 0 Å². The predicted octanol–water partition coefficient (Wildman–Crippen LogP) is 3.40. The van der Waals surface area contributed by atoms with Crippen LogP contribution in [0.25, 0.3) is 11.0 Å². The first-order chi connectivity index (χ1) is 9.33. The molecule has 3 aromatic rings. The molecule has 19 heavy (non-hydrogen) atoms. The Labute approximate surface area is 119 Å². The molecule has 3 rings (SSSR count). The molecule has 5 heteroatoms. The largest absolute Gasteiger partial charge is 0.378 e. The highest BCUT2D eigenvalue weighted by molar-refractivity contribution is 9.10. The third kappa shape index (κ3) is 2.71. The fraction of sp³-hybridized carbons (Fsp3) is 0.0714. The van der Waals surface area contributed by atoms with Crippen molar-refractivity contribution in [3.05, 3.63) is 59.1 Å². The molecule has 0 aromatic carbocycles. The lowest BCUT2D eigenvalue weighted by Crippen LogP contribution is -2.02. The van der Waals surface area contributed by atoms with Gasteiger partial charge in [-0.25, -0.2) is 0 Å². The number of nitrogens with zero attached hydrogens (tertiary/aromatic N) is 3. The van der Waals surface area contributed by atoms with E-state index < -0.39 is 0 Å². The van der Waals surface area contributed by atoms with Crippen molar-refractivity contribution in [2.45, 2.75) is 6.54 Å². The summed E-state index contributed by atoms with van der Waals surface area (Å²) in [6.45, 7) is 0.664. The van der Waals surface area contributed by atoms with E-state index in [0.717, 1.165) is 26.9 Å². The molecule has 1 N–H and O–H groups in total. The Morgan fingerprint density at radius 1 is 1.05 bits per heavy atom. The van der Waals surface area contributed by atoms with E-state index in [1.165, 1.54) is 0 Å². The van der Waals surface area contributed by atoms with E-state index in [1.54, 1.807) is 18.6 Å². The minimum absolute atomic E-state index is 0.664. The Bertz CT molecular complexity index is 700. The van der Waals surface area contributed by atoms with Gasteiger partial charge in [-0.3, -0.25) is 15.0 Å². The minimum atomic E-state index is 0.664. The van der Waals surface area contributed by atoms with E-state index in [1.807, 2.05) is 30.3 Å². The van der Waals surface area contributed by atoms with Gasteiger partial charge in [-0.05, 0) is 40.2 Å². The fourth-order valence-corrected chi connectivity index (χ4v) is 2.16. The van der Waals surface area contributed by atoms with Crippen LogP contribution in [0.2, 0.25) is 0 Å². The van der Waals surface area contributed by atoms with E-state index >= 15 is 0 Å². The molecular formula is C14H11BrN4. The van der Waals surface area contributed by atoms with Crippen molar-refractivity contribution in [2.75, 3.05) is 5.32 Å². The van der Waals surface area contributed by atoms with Gasteiger partial charge < -0.3 is 5.32 Å². The molecule has 0 aliphatic rings. The summed E-state index contributed by atoms with van der Waals surface area (Å²) in [5, 5.41) is 3.34. The van der Waals surface area contributed by atoms with Crippen LogP contribution in [0.3, 0.4) is 0 Å². The van der Waals surface area contributed by atoms with E-state index in [0.29, 0.717) is 6.54 Å². The first-order valence-corrected chi connectivity index (χ1v) is 6.66. The summed E-state index contributed by atoms with van der Waals surface area (Å²) in [7, 11) is 0. The average Bonchev–Trinajstić information content (AvgIpc) is 2.45. The van der Waals surface area contributed by atoms with E-state index in [-0.39, 0.29) is 0 Å². The smallest absolute Gasteiger partial charge is 0.112 e. The monoisotopic (exact) mass is 314 g/mol. The first kappa shape index (κ1) is 12.0. The van der Waals surface area contributed by atoms with Crippen molar-refractivity contribution < 1.29 is 0 Å². The molecule has 0 saturated carbocycles. The van der Waals surface area contributed by atoms with Crippen LogP contribution < -0.4 is 5.32 Å². The Kier molecular flexibility index (Phi) is 3.37. The van der Waals surface area contributed by atoms with Gasteiger partial charge >= 0.3 is 0 Å². The number of anilines is 1. The molecule has 0 amide bonds. The van der Waals surface area contributed by atoms with Gasteiger partial charge in [-0.15, -0.1) is 0 Å². The summed E-state index contributed by atoms with van der Waals surface area (Å²) in [5.41, 5.74) is 3.68. The molecule has 0 fully saturated rings. The normalized spacial score (nSPS) is 10.6. The second-order valence-electron chi connectivity index (χ2n) is 4.05. The SMILES string of the molecule is Brc1cnc2c(NCc3ccccn3)ccnc2c1. The Hall–Kier alpha value is -2.01. The van der Waals surface area contributed by atoms with Crippen molar-refractivity contribution in [1.82, 2.24) is 15.0 Å². The quantitative estimate of drug-likeness (QED) is 0.805. The zero-order valence-corrected chi connectivity index (χ0v) is 11.6. The van der Waals surface area contributed by atoms with Crippen LogP contribution >= 0.6 is 15.9 Å². The molecule has 4 nitrogen and oxygen atoms in total. The zero-order chi connectivity index (χ0) is 13.1. The molecule has 0 spiro atoms. The molecule has 0 unspecified atom stereocenters. The number of fused-ring (bicyclic) bond motifs is 1. The van der Waals surface area contributed by atoms with Crippen LogP contribution in [0.4, 0.5) is 5.69 Å². The standard InChI is InChI=1S/C14H11BrN4/c15-10-7-13-14(19-8-10)12(4-6-17-13)18-9-11-3-1-2-5-16-11/h1-8H,9H2,(H,17,18). The molecule has 3 heterocycles. The van der Waals surface area contributed by atoms with Gasteiger partial charge in [0.1, 0.15) is 5.52 Å². The van der Waals surface area contributed by atoms with E-state index in [2.05, 4.69) is 36.2 Å². The molecule has 3 aromatic heterocycles. The minimum Gasteiger partial charge on any atom is -0.378 e. The predicted molar refractivity (Wildman–Crippen MR) is 78.8 cm³/mol. The van der Waals surface area contributed by atoms with Crippen LogP contribution in [-0.4, -0.2) is 15.0 Å². The molecule has 0 saturated heterocycles. The maximum atomic E-state index is 4.40. The number of nitrogens with one attached hydrogen (secondary N) is 1. The van der Waals surface area contributed by atoms with Crippen LogP contribution in [0.15, 0.2) is 53.4 Å². The molecule has 94 valence electrons. The maximum absolute atomic E-state index is 4.40. The maximum Gasteiger partial charge on any atom is 0.112 e. The molecule has 0 radical (unpaired) electrons. The van der Waals surface area contributed by atoms with Crippen LogP contribution in [-0.2, 0) is 6.54 Å².